The fourth-order valence-corrected chi connectivity index (χ4v) is 2.09. The second-order valence-electron chi connectivity index (χ2n) is 4.24. The number of likely N-dealkylation sites (N-methyl/N-ethyl adjacent to an activating group) is 1. The molecule has 1 heterocycles. The number of aromatic hydroxyl groups is 1. The van der Waals surface area contributed by atoms with Crippen molar-refractivity contribution in [1.29, 1.82) is 0 Å². The number of piperazine rings is 1. The molecule has 0 unspecified atom stereocenters. The first-order valence-corrected chi connectivity index (χ1v) is 6.02. The summed E-state index contributed by atoms with van der Waals surface area (Å²) >= 11 is 0. The Labute approximate surface area is 101 Å². The van der Waals surface area contributed by atoms with E-state index < -0.39 is 0 Å². The number of hydrogen-bond donors (Lipinski definition) is 1. The lowest BCUT2D eigenvalue weighted by Crippen LogP contribution is -2.48. The summed E-state index contributed by atoms with van der Waals surface area (Å²) in [7, 11) is 0. The molecule has 0 aliphatic carbocycles. The fraction of sp³-hybridized carbons (Fsp3) is 0.462. The highest BCUT2D eigenvalue weighted by molar-refractivity contribution is 5.96. The molecule has 2 rings (SSSR count). The highest BCUT2D eigenvalue weighted by Crippen LogP contribution is 2.18. The van der Waals surface area contributed by atoms with Crippen LogP contribution in [0.5, 0.6) is 5.75 Å². The summed E-state index contributed by atoms with van der Waals surface area (Å²) in [5, 5.41) is 9.65. The Morgan fingerprint density at radius 3 is 2.47 bits per heavy atom. The summed E-state index contributed by atoms with van der Waals surface area (Å²) in [6.07, 6.45) is 0. The van der Waals surface area contributed by atoms with Crippen molar-refractivity contribution in [2.45, 2.75) is 6.92 Å². The van der Waals surface area contributed by atoms with Gasteiger partial charge in [0.1, 0.15) is 5.75 Å². The zero-order valence-corrected chi connectivity index (χ0v) is 10.1. The highest BCUT2D eigenvalue weighted by atomic mass is 16.3. The van der Waals surface area contributed by atoms with Gasteiger partial charge < -0.3 is 14.9 Å². The van der Waals surface area contributed by atoms with Gasteiger partial charge in [-0.1, -0.05) is 19.1 Å². The molecule has 92 valence electrons. The summed E-state index contributed by atoms with van der Waals surface area (Å²) in [4.78, 5) is 16.3. The standard InChI is InChI=1S/C13H18N2O2/c1-2-14-7-9-15(10-8-14)13(17)11-5-3-4-6-12(11)16/h3-6,16H,2,7-10H2,1H3. The molecule has 4 nitrogen and oxygen atoms in total. The second kappa shape index (κ2) is 5.19. The number of nitrogens with zero attached hydrogens (tertiary/aromatic N) is 2. The van der Waals surface area contributed by atoms with Gasteiger partial charge >= 0.3 is 0 Å². The average molecular weight is 234 g/mol. The summed E-state index contributed by atoms with van der Waals surface area (Å²) in [5.74, 6) is -0.00530. The van der Waals surface area contributed by atoms with Crippen LogP contribution in [0, 0.1) is 0 Å². The van der Waals surface area contributed by atoms with Crippen LogP contribution < -0.4 is 0 Å². The molecule has 0 spiro atoms. The Kier molecular flexibility index (Phi) is 3.64. The van der Waals surface area contributed by atoms with E-state index in [2.05, 4.69) is 11.8 Å². The predicted molar refractivity (Wildman–Crippen MR) is 66.1 cm³/mol. The maximum atomic E-state index is 12.2. The molecule has 4 heteroatoms. The van der Waals surface area contributed by atoms with Crippen molar-refractivity contribution in [3.8, 4) is 5.75 Å². The van der Waals surface area contributed by atoms with Crippen molar-refractivity contribution in [1.82, 2.24) is 9.80 Å². The molecular weight excluding hydrogens is 216 g/mol. The molecule has 1 fully saturated rings. The van der Waals surface area contributed by atoms with Gasteiger partial charge in [-0.25, -0.2) is 0 Å². The maximum Gasteiger partial charge on any atom is 0.257 e. The molecule has 0 radical (unpaired) electrons. The Balaban J connectivity index is 2.04. The summed E-state index contributed by atoms with van der Waals surface area (Å²) in [5.41, 5.74) is 0.400. The molecular formula is C13H18N2O2. The van der Waals surface area contributed by atoms with E-state index in [9.17, 15) is 9.90 Å². The van der Waals surface area contributed by atoms with Crippen LogP contribution in [0.2, 0.25) is 0 Å². The fourth-order valence-electron chi connectivity index (χ4n) is 2.09. The first-order valence-electron chi connectivity index (χ1n) is 6.02. The normalized spacial score (nSPS) is 17.1. The number of phenolic OH excluding ortho intramolecular Hbond substituents is 1. The third kappa shape index (κ3) is 2.58. The van der Waals surface area contributed by atoms with E-state index in [1.165, 1.54) is 0 Å². The average Bonchev–Trinajstić information content (AvgIpc) is 2.39. The first kappa shape index (κ1) is 11.9. The Morgan fingerprint density at radius 1 is 1.24 bits per heavy atom. The van der Waals surface area contributed by atoms with Gasteiger partial charge in [0.15, 0.2) is 0 Å². The third-order valence-corrected chi connectivity index (χ3v) is 3.24. The maximum absolute atomic E-state index is 12.2. The number of carbonyl (C=O) groups excluding carboxylic acids is 1. The van der Waals surface area contributed by atoms with Gasteiger partial charge in [0.25, 0.3) is 5.91 Å². The number of para-hydroxylation sites is 1. The Bertz CT molecular complexity index is 398. The number of benzene rings is 1. The van der Waals surface area contributed by atoms with Crippen LogP contribution in [0.15, 0.2) is 24.3 Å². The van der Waals surface area contributed by atoms with Crippen molar-refractivity contribution in [3.05, 3.63) is 29.8 Å². The van der Waals surface area contributed by atoms with Crippen LogP contribution >= 0.6 is 0 Å². The summed E-state index contributed by atoms with van der Waals surface area (Å²) < 4.78 is 0. The van der Waals surface area contributed by atoms with E-state index in [-0.39, 0.29) is 11.7 Å². The second-order valence-corrected chi connectivity index (χ2v) is 4.24. The number of rotatable bonds is 2. The molecule has 0 aromatic heterocycles. The van der Waals surface area contributed by atoms with Gasteiger partial charge in [0.05, 0.1) is 5.56 Å². The van der Waals surface area contributed by atoms with E-state index in [4.69, 9.17) is 0 Å². The van der Waals surface area contributed by atoms with Crippen LogP contribution in [0.4, 0.5) is 0 Å². The van der Waals surface area contributed by atoms with Gasteiger partial charge in [0, 0.05) is 26.2 Å². The molecule has 17 heavy (non-hydrogen) atoms. The zero-order chi connectivity index (χ0) is 12.3. The van der Waals surface area contributed by atoms with Gasteiger partial charge in [-0.3, -0.25) is 4.79 Å². The number of hydrogen-bond acceptors (Lipinski definition) is 3. The van der Waals surface area contributed by atoms with Gasteiger partial charge in [-0.2, -0.15) is 0 Å². The molecule has 1 aliphatic heterocycles. The topological polar surface area (TPSA) is 43.8 Å². The molecule has 0 saturated carbocycles. The van der Waals surface area contributed by atoms with Crippen LogP contribution in [-0.2, 0) is 0 Å². The van der Waals surface area contributed by atoms with E-state index in [0.29, 0.717) is 5.56 Å². The van der Waals surface area contributed by atoms with E-state index in [0.717, 1.165) is 32.7 Å². The first-order chi connectivity index (χ1) is 8.22. The smallest absolute Gasteiger partial charge is 0.257 e. The molecule has 1 saturated heterocycles. The SMILES string of the molecule is CCN1CCN(C(=O)c2ccccc2O)CC1. The molecule has 1 N–H and O–H groups in total. The van der Waals surface area contributed by atoms with Gasteiger partial charge in [0.2, 0.25) is 0 Å². The zero-order valence-electron chi connectivity index (χ0n) is 10.1. The van der Waals surface area contributed by atoms with E-state index >= 15 is 0 Å². The van der Waals surface area contributed by atoms with Crippen LogP contribution in [0.25, 0.3) is 0 Å². The summed E-state index contributed by atoms with van der Waals surface area (Å²) in [6, 6.07) is 6.72. The lowest BCUT2D eigenvalue weighted by atomic mass is 10.1. The minimum atomic E-state index is -0.0705. The molecule has 0 atom stereocenters. The number of amides is 1. The quantitative estimate of drug-likeness (QED) is 0.835. The number of carbonyl (C=O) groups is 1. The lowest BCUT2D eigenvalue weighted by molar-refractivity contribution is 0.0640. The van der Waals surface area contributed by atoms with Gasteiger partial charge in [-0.05, 0) is 18.7 Å². The minimum absolute atomic E-state index is 0.0652. The van der Waals surface area contributed by atoms with Crippen LogP contribution in [0.1, 0.15) is 17.3 Å². The number of phenols is 1. The van der Waals surface area contributed by atoms with Crippen molar-refractivity contribution in [2.75, 3.05) is 32.7 Å². The van der Waals surface area contributed by atoms with Crippen molar-refractivity contribution < 1.29 is 9.90 Å². The van der Waals surface area contributed by atoms with Crippen molar-refractivity contribution in [3.63, 3.8) is 0 Å². The minimum Gasteiger partial charge on any atom is -0.507 e. The van der Waals surface area contributed by atoms with Crippen LogP contribution in [-0.4, -0.2) is 53.5 Å². The lowest BCUT2D eigenvalue weighted by Gasteiger charge is -2.34. The highest BCUT2D eigenvalue weighted by Gasteiger charge is 2.22. The monoisotopic (exact) mass is 234 g/mol. The molecule has 0 bridgehead atoms. The van der Waals surface area contributed by atoms with Gasteiger partial charge in [-0.15, -0.1) is 0 Å². The summed E-state index contributed by atoms with van der Waals surface area (Å²) in [6.45, 7) is 6.45. The third-order valence-electron chi connectivity index (χ3n) is 3.24. The predicted octanol–water partition coefficient (Wildman–Crippen LogP) is 1.17. The van der Waals surface area contributed by atoms with E-state index in [1.807, 2.05) is 0 Å². The Hall–Kier alpha value is -1.55. The largest absolute Gasteiger partial charge is 0.507 e. The molecule has 1 aromatic rings. The molecule has 1 aliphatic rings. The van der Waals surface area contributed by atoms with E-state index in [1.54, 1.807) is 29.2 Å². The Morgan fingerprint density at radius 2 is 1.88 bits per heavy atom. The van der Waals surface area contributed by atoms with Crippen LogP contribution in [0.3, 0.4) is 0 Å². The molecule has 1 amide bonds. The molecule has 1 aromatic carbocycles. The van der Waals surface area contributed by atoms with Crippen molar-refractivity contribution in [2.24, 2.45) is 0 Å². The van der Waals surface area contributed by atoms with Crippen molar-refractivity contribution >= 4 is 5.91 Å².